The molecular weight excluding hydrogens is 266 g/mol. The van der Waals surface area contributed by atoms with E-state index in [-0.39, 0.29) is 23.9 Å². The molecule has 0 aliphatic heterocycles. The molecule has 0 atom stereocenters. The number of fused-ring (bicyclic) bond motifs is 1. The molecule has 1 heterocycles. The van der Waals surface area contributed by atoms with Gasteiger partial charge in [0.1, 0.15) is 0 Å². The molecule has 1 amide bonds. The summed E-state index contributed by atoms with van der Waals surface area (Å²) < 4.78 is 1.49. The topological polar surface area (TPSA) is 64.0 Å². The number of carbonyl (C=O) groups is 1. The van der Waals surface area contributed by atoms with E-state index in [4.69, 9.17) is 0 Å². The lowest BCUT2D eigenvalue weighted by Gasteiger charge is -2.14. The van der Waals surface area contributed by atoms with E-state index in [0.717, 1.165) is 12.8 Å². The molecule has 0 aliphatic rings. The average Bonchev–Trinajstić information content (AvgIpc) is 2.52. The van der Waals surface area contributed by atoms with Crippen LogP contribution in [0.3, 0.4) is 0 Å². The summed E-state index contributed by atoms with van der Waals surface area (Å²) in [5, 5.41) is 3.55. The lowest BCUT2D eigenvalue weighted by atomic mass is 10.1. The van der Waals surface area contributed by atoms with Gasteiger partial charge in [-0.3, -0.25) is 14.2 Å². The van der Waals surface area contributed by atoms with Crippen molar-refractivity contribution < 1.29 is 4.79 Å². The summed E-state index contributed by atoms with van der Waals surface area (Å²) in [6.07, 6.45) is 3.63. The first-order valence-electron chi connectivity index (χ1n) is 7.39. The Hall–Kier alpha value is -2.17. The third-order valence-electron chi connectivity index (χ3n) is 3.66. The lowest BCUT2D eigenvalue weighted by molar-refractivity contribution is -0.122. The predicted octanol–water partition coefficient (Wildman–Crippen LogP) is 2.09. The zero-order valence-electron chi connectivity index (χ0n) is 12.5. The minimum Gasteiger partial charge on any atom is -0.353 e. The normalized spacial score (nSPS) is 11.0. The molecule has 0 spiro atoms. The molecule has 0 radical (unpaired) electrons. The number of carbonyl (C=O) groups excluding carboxylic acids is 1. The molecule has 1 aromatic heterocycles. The highest BCUT2D eigenvalue weighted by Crippen LogP contribution is 2.05. The zero-order valence-corrected chi connectivity index (χ0v) is 12.5. The Bertz CT molecular complexity index is 675. The monoisotopic (exact) mass is 287 g/mol. The van der Waals surface area contributed by atoms with E-state index >= 15 is 0 Å². The summed E-state index contributed by atoms with van der Waals surface area (Å²) in [7, 11) is 0. The molecule has 0 saturated carbocycles. The van der Waals surface area contributed by atoms with Crippen molar-refractivity contribution in [1.29, 1.82) is 0 Å². The number of nitrogens with one attached hydrogen (secondary N) is 1. The molecule has 5 heteroatoms. The van der Waals surface area contributed by atoms with Crippen LogP contribution in [0, 0.1) is 0 Å². The molecule has 0 saturated heterocycles. The summed E-state index contributed by atoms with van der Waals surface area (Å²) in [5.41, 5.74) is 0.580. The van der Waals surface area contributed by atoms with E-state index in [1.54, 1.807) is 12.1 Å². The fourth-order valence-corrected chi connectivity index (χ4v) is 2.28. The highest BCUT2D eigenvalue weighted by atomic mass is 16.2. The average molecular weight is 287 g/mol. The summed E-state index contributed by atoms with van der Waals surface area (Å²) in [6, 6.07) is 7.44. The summed E-state index contributed by atoms with van der Waals surface area (Å²) in [4.78, 5) is 28.4. The molecule has 1 N–H and O–H groups in total. The molecule has 0 bridgehead atoms. The lowest BCUT2D eigenvalue weighted by Crippen LogP contribution is -2.35. The second-order valence-corrected chi connectivity index (χ2v) is 5.09. The van der Waals surface area contributed by atoms with Gasteiger partial charge in [-0.15, -0.1) is 0 Å². The molecule has 5 nitrogen and oxygen atoms in total. The van der Waals surface area contributed by atoms with Crippen LogP contribution in [-0.4, -0.2) is 21.5 Å². The number of hydrogen-bond donors (Lipinski definition) is 1. The van der Waals surface area contributed by atoms with Crippen LogP contribution in [0.15, 0.2) is 35.4 Å². The van der Waals surface area contributed by atoms with Crippen LogP contribution in [0.1, 0.15) is 33.1 Å². The van der Waals surface area contributed by atoms with Gasteiger partial charge in [0.05, 0.1) is 17.2 Å². The maximum absolute atomic E-state index is 12.3. The summed E-state index contributed by atoms with van der Waals surface area (Å²) >= 11 is 0. The number of hydrogen-bond acceptors (Lipinski definition) is 3. The summed E-state index contributed by atoms with van der Waals surface area (Å²) in [6.45, 7) is 4.45. The van der Waals surface area contributed by atoms with Gasteiger partial charge in [0.25, 0.3) is 5.56 Å². The largest absolute Gasteiger partial charge is 0.353 e. The van der Waals surface area contributed by atoms with E-state index in [1.165, 1.54) is 10.9 Å². The van der Waals surface area contributed by atoms with Gasteiger partial charge in [0.15, 0.2) is 0 Å². The molecule has 2 aromatic rings. The summed E-state index contributed by atoms with van der Waals surface area (Å²) in [5.74, 6) is -0.0243. The Morgan fingerprint density at radius 3 is 2.71 bits per heavy atom. The van der Waals surface area contributed by atoms with Crippen molar-refractivity contribution in [3.63, 3.8) is 0 Å². The van der Waals surface area contributed by atoms with Crippen molar-refractivity contribution in [1.82, 2.24) is 14.9 Å². The Kier molecular flexibility index (Phi) is 5.09. The predicted molar refractivity (Wildman–Crippen MR) is 83.1 cm³/mol. The van der Waals surface area contributed by atoms with Crippen molar-refractivity contribution >= 4 is 16.8 Å². The van der Waals surface area contributed by atoms with Crippen molar-refractivity contribution in [3.8, 4) is 0 Å². The fourth-order valence-electron chi connectivity index (χ4n) is 2.28. The van der Waals surface area contributed by atoms with Crippen molar-refractivity contribution in [2.24, 2.45) is 0 Å². The second-order valence-electron chi connectivity index (χ2n) is 5.09. The van der Waals surface area contributed by atoms with Crippen LogP contribution in [0.25, 0.3) is 10.9 Å². The maximum Gasteiger partial charge on any atom is 0.261 e. The van der Waals surface area contributed by atoms with E-state index in [1.807, 2.05) is 26.0 Å². The van der Waals surface area contributed by atoms with E-state index in [9.17, 15) is 9.59 Å². The zero-order chi connectivity index (χ0) is 15.2. The number of aromatic nitrogens is 2. The number of para-hydroxylation sites is 1. The third-order valence-corrected chi connectivity index (χ3v) is 3.66. The highest BCUT2D eigenvalue weighted by Gasteiger charge is 2.09. The van der Waals surface area contributed by atoms with Crippen molar-refractivity contribution in [2.45, 2.75) is 45.7 Å². The highest BCUT2D eigenvalue weighted by molar-refractivity contribution is 5.77. The SMILES string of the molecule is CCC(CC)NC(=O)CCn1cnc2ccccc2c1=O. The second kappa shape index (κ2) is 7.02. The Morgan fingerprint density at radius 1 is 1.29 bits per heavy atom. The van der Waals surface area contributed by atoms with Crippen LogP contribution >= 0.6 is 0 Å². The molecule has 112 valence electrons. The minimum absolute atomic E-state index is 0.0243. The number of rotatable bonds is 6. The van der Waals surface area contributed by atoms with Crippen LogP contribution in [-0.2, 0) is 11.3 Å². The van der Waals surface area contributed by atoms with E-state index in [2.05, 4.69) is 10.3 Å². The Morgan fingerprint density at radius 2 is 2.00 bits per heavy atom. The number of aryl methyl sites for hydroxylation is 1. The fraction of sp³-hybridized carbons (Fsp3) is 0.438. The van der Waals surface area contributed by atoms with Crippen molar-refractivity contribution in [2.75, 3.05) is 0 Å². The van der Waals surface area contributed by atoms with Gasteiger partial charge in [0.2, 0.25) is 5.91 Å². The first-order valence-corrected chi connectivity index (χ1v) is 7.39. The number of amides is 1. The van der Waals surface area contributed by atoms with Crippen LogP contribution in [0.4, 0.5) is 0 Å². The maximum atomic E-state index is 12.3. The van der Waals surface area contributed by atoms with Gasteiger partial charge >= 0.3 is 0 Å². The number of nitrogens with zero attached hydrogens (tertiary/aromatic N) is 2. The first kappa shape index (κ1) is 15.2. The Balaban J connectivity index is 2.05. The van der Waals surface area contributed by atoms with E-state index in [0.29, 0.717) is 17.4 Å². The van der Waals surface area contributed by atoms with Crippen molar-refractivity contribution in [3.05, 3.63) is 40.9 Å². The third kappa shape index (κ3) is 3.68. The van der Waals surface area contributed by atoms with Gasteiger partial charge in [-0.2, -0.15) is 0 Å². The van der Waals surface area contributed by atoms with Gasteiger partial charge in [-0.25, -0.2) is 4.98 Å². The van der Waals surface area contributed by atoms with E-state index < -0.39 is 0 Å². The van der Waals surface area contributed by atoms with Crippen LogP contribution in [0.5, 0.6) is 0 Å². The van der Waals surface area contributed by atoms with Gasteiger partial charge in [0, 0.05) is 19.0 Å². The molecule has 0 unspecified atom stereocenters. The molecule has 1 aromatic carbocycles. The van der Waals surface area contributed by atoms with Gasteiger partial charge in [-0.05, 0) is 25.0 Å². The Labute approximate surface area is 124 Å². The molecule has 2 rings (SSSR count). The quantitative estimate of drug-likeness (QED) is 0.885. The smallest absolute Gasteiger partial charge is 0.261 e. The molecule has 0 fully saturated rings. The van der Waals surface area contributed by atoms with Gasteiger partial charge < -0.3 is 5.32 Å². The van der Waals surface area contributed by atoms with Crippen LogP contribution < -0.4 is 10.9 Å². The molecular formula is C16H21N3O2. The standard InChI is InChI=1S/C16H21N3O2/c1-3-12(4-2)18-15(20)9-10-19-11-17-14-8-6-5-7-13(14)16(19)21/h5-8,11-12H,3-4,9-10H2,1-2H3,(H,18,20). The first-order chi connectivity index (χ1) is 10.2. The number of benzene rings is 1. The molecule has 21 heavy (non-hydrogen) atoms. The van der Waals surface area contributed by atoms with Gasteiger partial charge in [-0.1, -0.05) is 26.0 Å². The van der Waals surface area contributed by atoms with Crippen LogP contribution in [0.2, 0.25) is 0 Å². The minimum atomic E-state index is -0.101. The molecule has 0 aliphatic carbocycles.